The van der Waals surface area contributed by atoms with Gasteiger partial charge in [0.1, 0.15) is 11.9 Å². The average Bonchev–Trinajstić information content (AvgIpc) is 3.46. The highest BCUT2D eigenvalue weighted by atomic mass is 16.5. The van der Waals surface area contributed by atoms with Gasteiger partial charge in [0.15, 0.2) is 5.96 Å². The molecule has 1 aromatic heterocycles. The van der Waals surface area contributed by atoms with E-state index in [1.54, 1.807) is 0 Å². The SMILES string of the molecule is CCNC(=NCc1ccnc(N2CCCC2)c1)N1CCOC(C2CCCO2)C1. The summed E-state index contributed by atoms with van der Waals surface area (Å²) in [4.78, 5) is 14.2. The van der Waals surface area contributed by atoms with E-state index >= 15 is 0 Å². The summed E-state index contributed by atoms with van der Waals surface area (Å²) in [6.07, 6.45) is 7.04. The Kier molecular flexibility index (Phi) is 6.65. The molecule has 0 aliphatic carbocycles. The van der Waals surface area contributed by atoms with Crippen LogP contribution < -0.4 is 10.2 Å². The van der Waals surface area contributed by atoms with Gasteiger partial charge in [0.05, 0.1) is 19.3 Å². The molecule has 0 amide bonds. The third kappa shape index (κ3) is 4.75. The maximum atomic E-state index is 5.99. The molecule has 0 saturated carbocycles. The van der Waals surface area contributed by atoms with E-state index in [1.807, 2.05) is 6.20 Å². The van der Waals surface area contributed by atoms with E-state index in [2.05, 4.69) is 39.2 Å². The van der Waals surface area contributed by atoms with E-state index in [1.165, 1.54) is 18.4 Å². The van der Waals surface area contributed by atoms with Gasteiger partial charge in [0, 0.05) is 45.5 Å². The Labute approximate surface area is 168 Å². The van der Waals surface area contributed by atoms with E-state index in [4.69, 9.17) is 14.5 Å². The van der Waals surface area contributed by atoms with Crippen molar-refractivity contribution in [2.45, 2.75) is 51.4 Å². The van der Waals surface area contributed by atoms with Gasteiger partial charge in [-0.15, -0.1) is 0 Å². The molecule has 2 unspecified atom stereocenters. The van der Waals surface area contributed by atoms with E-state index in [9.17, 15) is 0 Å². The molecule has 3 aliphatic heterocycles. The van der Waals surface area contributed by atoms with E-state index in [-0.39, 0.29) is 12.2 Å². The first-order valence-electron chi connectivity index (χ1n) is 10.8. The number of aromatic nitrogens is 1. The predicted molar refractivity (Wildman–Crippen MR) is 111 cm³/mol. The lowest BCUT2D eigenvalue weighted by molar-refractivity contribution is -0.0817. The van der Waals surface area contributed by atoms with Crippen molar-refractivity contribution in [3.8, 4) is 0 Å². The summed E-state index contributed by atoms with van der Waals surface area (Å²) < 4.78 is 11.8. The van der Waals surface area contributed by atoms with Crippen LogP contribution in [0.2, 0.25) is 0 Å². The van der Waals surface area contributed by atoms with Gasteiger partial charge in [-0.3, -0.25) is 0 Å². The molecule has 0 spiro atoms. The van der Waals surface area contributed by atoms with Crippen LogP contribution in [0.1, 0.15) is 38.2 Å². The van der Waals surface area contributed by atoms with Gasteiger partial charge in [0.2, 0.25) is 0 Å². The molecule has 4 heterocycles. The molecule has 3 fully saturated rings. The first-order chi connectivity index (χ1) is 13.8. The number of hydrogen-bond acceptors (Lipinski definition) is 5. The van der Waals surface area contributed by atoms with Crippen molar-refractivity contribution in [2.75, 3.05) is 50.8 Å². The zero-order chi connectivity index (χ0) is 19.2. The molecule has 2 atom stereocenters. The summed E-state index contributed by atoms with van der Waals surface area (Å²) in [7, 11) is 0. The highest BCUT2D eigenvalue weighted by Gasteiger charge is 2.32. The Hall–Kier alpha value is -1.86. The van der Waals surface area contributed by atoms with Crippen molar-refractivity contribution in [2.24, 2.45) is 4.99 Å². The predicted octanol–water partition coefficient (Wildman–Crippen LogP) is 2.03. The zero-order valence-electron chi connectivity index (χ0n) is 17.0. The molecule has 3 aliphatic rings. The molecule has 3 saturated heterocycles. The second-order valence-electron chi connectivity index (χ2n) is 7.79. The maximum Gasteiger partial charge on any atom is 0.194 e. The number of hydrogen-bond donors (Lipinski definition) is 1. The Morgan fingerprint density at radius 2 is 2.04 bits per heavy atom. The lowest BCUT2D eigenvalue weighted by Crippen LogP contribution is -2.53. The lowest BCUT2D eigenvalue weighted by atomic mass is 10.1. The summed E-state index contributed by atoms with van der Waals surface area (Å²) in [5, 5.41) is 3.46. The van der Waals surface area contributed by atoms with Crippen LogP contribution in [0.3, 0.4) is 0 Å². The second kappa shape index (κ2) is 9.56. The fraction of sp³-hybridized carbons (Fsp3) is 0.714. The fourth-order valence-electron chi connectivity index (χ4n) is 4.26. The summed E-state index contributed by atoms with van der Waals surface area (Å²) in [6, 6.07) is 4.26. The summed E-state index contributed by atoms with van der Waals surface area (Å²) in [5.74, 6) is 2.05. The zero-order valence-corrected chi connectivity index (χ0v) is 17.0. The molecule has 7 heteroatoms. The largest absolute Gasteiger partial charge is 0.375 e. The lowest BCUT2D eigenvalue weighted by Gasteiger charge is -2.37. The molecule has 0 radical (unpaired) electrons. The van der Waals surface area contributed by atoms with Crippen molar-refractivity contribution >= 4 is 11.8 Å². The number of rotatable bonds is 5. The molecule has 1 aromatic rings. The smallest absolute Gasteiger partial charge is 0.194 e. The third-order valence-corrected chi connectivity index (χ3v) is 5.76. The monoisotopic (exact) mass is 387 g/mol. The number of aliphatic imine (C=N–C) groups is 1. The van der Waals surface area contributed by atoms with Gasteiger partial charge < -0.3 is 24.6 Å². The van der Waals surface area contributed by atoms with Crippen LogP contribution in [0.5, 0.6) is 0 Å². The fourth-order valence-corrected chi connectivity index (χ4v) is 4.26. The molecular weight excluding hydrogens is 354 g/mol. The van der Waals surface area contributed by atoms with E-state index in [0.717, 1.165) is 70.6 Å². The highest BCUT2D eigenvalue weighted by molar-refractivity contribution is 5.80. The van der Waals surface area contributed by atoms with Crippen molar-refractivity contribution in [1.29, 1.82) is 0 Å². The molecule has 28 heavy (non-hydrogen) atoms. The first-order valence-corrected chi connectivity index (χ1v) is 10.8. The van der Waals surface area contributed by atoms with Crippen LogP contribution in [0.4, 0.5) is 5.82 Å². The normalized spacial score (nSPS) is 26.1. The standard InChI is InChI=1S/C21H33N5O2/c1-2-22-21(26-11-13-28-19(16-26)18-6-5-12-27-18)24-15-17-7-8-23-20(14-17)25-9-3-4-10-25/h7-8,14,18-19H,2-6,9-13,15-16H2,1H3,(H,22,24). The molecular formula is C21H33N5O2. The maximum absolute atomic E-state index is 5.99. The second-order valence-corrected chi connectivity index (χ2v) is 7.79. The van der Waals surface area contributed by atoms with Gasteiger partial charge in [-0.25, -0.2) is 9.98 Å². The van der Waals surface area contributed by atoms with Gasteiger partial charge in [-0.05, 0) is 50.3 Å². The van der Waals surface area contributed by atoms with Gasteiger partial charge in [-0.1, -0.05) is 0 Å². The summed E-state index contributed by atoms with van der Waals surface area (Å²) >= 11 is 0. The summed E-state index contributed by atoms with van der Waals surface area (Å²) in [6.45, 7) is 9.15. The minimum absolute atomic E-state index is 0.141. The molecule has 154 valence electrons. The van der Waals surface area contributed by atoms with E-state index in [0.29, 0.717) is 6.54 Å². The Morgan fingerprint density at radius 3 is 2.82 bits per heavy atom. The van der Waals surface area contributed by atoms with Crippen LogP contribution in [0.15, 0.2) is 23.3 Å². The van der Waals surface area contributed by atoms with Crippen molar-refractivity contribution in [3.05, 3.63) is 23.9 Å². The average molecular weight is 388 g/mol. The van der Waals surface area contributed by atoms with Gasteiger partial charge >= 0.3 is 0 Å². The Bertz CT molecular complexity index is 656. The minimum Gasteiger partial charge on any atom is -0.375 e. The quantitative estimate of drug-likeness (QED) is 0.616. The third-order valence-electron chi connectivity index (χ3n) is 5.76. The van der Waals surface area contributed by atoms with Crippen LogP contribution in [0, 0.1) is 0 Å². The summed E-state index contributed by atoms with van der Waals surface area (Å²) in [5.41, 5.74) is 1.20. The van der Waals surface area contributed by atoms with Gasteiger partial charge in [-0.2, -0.15) is 0 Å². The first kappa shape index (κ1) is 19.5. The van der Waals surface area contributed by atoms with Crippen LogP contribution in [-0.4, -0.2) is 74.0 Å². The molecule has 7 nitrogen and oxygen atoms in total. The molecule has 4 rings (SSSR count). The van der Waals surface area contributed by atoms with Crippen LogP contribution in [-0.2, 0) is 16.0 Å². The number of anilines is 1. The number of guanidine groups is 1. The van der Waals surface area contributed by atoms with Crippen molar-refractivity contribution in [1.82, 2.24) is 15.2 Å². The van der Waals surface area contributed by atoms with E-state index < -0.39 is 0 Å². The molecule has 0 bridgehead atoms. The number of pyridine rings is 1. The number of nitrogens with zero attached hydrogens (tertiary/aromatic N) is 4. The van der Waals surface area contributed by atoms with Crippen LogP contribution in [0.25, 0.3) is 0 Å². The molecule has 0 aromatic carbocycles. The highest BCUT2D eigenvalue weighted by Crippen LogP contribution is 2.22. The topological polar surface area (TPSA) is 62.2 Å². The number of nitrogens with one attached hydrogen (secondary N) is 1. The van der Waals surface area contributed by atoms with Gasteiger partial charge in [0.25, 0.3) is 0 Å². The van der Waals surface area contributed by atoms with Crippen LogP contribution >= 0.6 is 0 Å². The Morgan fingerprint density at radius 1 is 1.18 bits per heavy atom. The minimum atomic E-state index is 0.141. The molecule has 1 N–H and O–H groups in total. The number of ether oxygens (including phenoxy) is 2. The number of morpholine rings is 1. The van der Waals surface area contributed by atoms with Crippen molar-refractivity contribution in [3.63, 3.8) is 0 Å². The Balaban J connectivity index is 1.42. The van der Waals surface area contributed by atoms with Crippen molar-refractivity contribution < 1.29 is 9.47 Å².